The van der Waals surface area contributed by atoms with Crippen LogP contribution in [0.4, 0.5) is 4.39 Å². The van der Waals surface area contributed by atoms with Crippen LogP contribution >= 0.6 is 11.6 Å². The number of benzene rings is 2. The molecule has 3 rings (SSSR count). The molecule has 34 heavy (non-hydrogen) atoms. The van der Waals surface area contributed by atoms with E-state index in [1.165, 1.54) is 18.6 Å². The normalized spacial score (nSPS) is 14.9. The van der Waals surface area contributed by atoms with Crippen LogP contribution in [0.15, 0.2) is 48.5 Å². The number of nitrogens with zero attached hydrogens (tertiary/aromatic N) is 1. The summed E-state index contributed by atoms with van der Waals surface area (Å²) < 4.78 is 19.1. The van der Waals surface area contributed by atoms with E-state index >= 15 is 0 Å². The number of carbonyl (C=O) groups excluding carboxylic acids is 2. The van der Waals surface area contributed by atoms with Crippen molar-refractivity contribution in [3.8, 4) is 5.75 Å². The molecule has 0 radical (unpaired) electrons. The number of ether oxygens (including phenoxy) is 1. The molecule has 2 aromatic rings. The van der Waals surface area contributed by atoms with Crippen molar-refractivity contribution >= 4 is 23.4 Å². The average Bonchev–Trinajstić information content (AvgIpc) is 2.84. The number of rotatable bonds is 11. The van der Waals surface area contributed by atoms with Crippen LogP contribution in [0.3, 0.4) is 0 Å². The Labute approximate surface area is 206 Å². The molecule has 5 nitrogen and oxygen atoms in total. The summed E-state index contributed by atoms with van der Waals surface area (Å²) in [6.45, 7) is 2.55. The average molecular weight is 489 g/mol. The zero-order valence-electron chi connectivity index (χ0n) is 19.8. The molecule has 0 heterocycles. The first-order valence-electron chi connectivity index (χ1n) is 12.2. The fraction of sp³-hybridized carbons (Fsp3) is 0.481. The van der Waals surface area contributed by atoms with Crippen molar-refractivity contribution in [2.75, 3.05) is 6.61 Å². The zero-order chi connectivity index (χ0) is 24.3. The van der Waals surface area contributed by atoms with Crippen molar-refractivity contribution in [3.05, 3.63) is 64.9 Å². The molecule has 1 saturated carbocycles. The maximum atomic E-state index is 13.4. The first-order valence-corrected chi connectivity index (χ1v) is 12.6. The largest absolute Gasteiger partial charge is 0.494 e. The highest BCUT2D eigenvalue weighted by Gasteiger charge is 2.30. The van der Waals surface area contributed by atoms with Crippen LogP contribution in [0.25, 0.3) is 0 Å². The summed E-state index contributed by atoms with van der Waals surface area (Å²) >= 11 is 5.90. The molecule has 0 aliphatic heterocycles. The molecule has 2 aromatic carbocycles. The first-order chi connectivity index (χ1) is 16.5. The molecule has 1 aliphatic rings. The van der Waals surface area contributed by atoms with Crippen LogP contribution < -0.4 is 10.1 Å². The minimum Gasteiger partial charge on any atom is -0.494 e. The minimum absolute atomic E-state index is 0.109. The van der Waals surface area contributed by atoms with E-state index in [2.05, 4.69) is 5.32 Å². The van der Waals surface area contributed by atoms with E-state index in [0.29, 0.717) is 30.2 Å². The summed E-state index contributed by atoms with van der Waals surface area (Å²) in [6.07, 6.45) is 6.68. The van der Waals surface area contributed by atoms with Gasteiger partial charge in [0, 0.05) is 24.0 Å². The van der Waals surface area contributed by atoms with Gasteiger partial charge in [-0.2, -0.15) is 0 Å². The summed E-state index contributed by atoms with van der Waals surface area (Å²) in [7, 11) is 0. The zero-order valence-corrected chi connectivity index (χ0v) is 20.5. The Morgan fingerprint density at radius 2 is 1.76 bits per heavy atom. The molecule has 1 N–H and O–H groups in total. The predicted octanol–water partition coefficient (Wildman–Crippen LogP) is 5.89. The van der Waals surface area contributed by atoms with Crippen LogP contribution in [0, 0.1) is 5.82 Å². The van der Waals surface area contributed by atoms with Gasteiger partial charge in [-0.1, -0.05) is 49.9 Å². The minimum atomic E-state index is -0.573. The van der Waals surface area contributed by atoms with Crippen LogP contribution in [-0.4, -0.2) is 35.4 Å². The van der Waals surface area contributed by atoms with Crippen LogP contribution in [-0.2, 0) is 16.1 Å². The van der Waals surface area contributed by atoms with E-state index in [0.717, 1.165) is 31.2 Å². The fourth-order valence-electron chi connectivity index (χ4n) is 4.34. The molecule has 2 amide bonds. The van der Waals surface area contributed by atoms with E-state index < -0.39 is 6.04 Å². The summed E-state index contributed by atoms with van der Waals surface area (Å²) in [5, 5.41) is 3.80. The Morgan fingerprint density at radius 1 is 1.09 bits per heavy atom. The lowest BCUT2D eigenvalue weighted by atomic mass is 9.95. The topological polar surface area (TPSA) is 58.6 Å². The molecule has 0 bridgehead atoms. The fourth-order valence-corrected chi connectivity index (χ4v) is 4.46. The van der Waals surface area contributed by atoms with Gasteiger partial charge in [-0.05, 0) is 67.6 Å². The number of halogens is 2. The Bertz CT molecular complexity index is 914. The molecule has 0 spiro atoms. The second-order valence-electron chi connectivity index (χ2n) is 8.82. The van der Waals surface area contributed by atoms with Crippen LogP contribution in [0.2, 0.25) is 5.02 Å². The number of amides is 2. The van der Waals surface area contributed by atoms with E-state index in [9.17, 15) is 14.0 Å². The number of carbonyl (C=O) groups is 2. The van der Waals surface area contributed by atoms with E-state index in [1.54, 1.807) is 41.3 Å². The van der Waals surface area contributed by atoms with Gasteiger partial charge in [-0.25, -0.2) is 4.39 Å². The summed E-state index contributed by atoms with van der Waals surface area (Å²) in [4.78, 5) is 28.1. The van der Waals surface area contributed by atoms with Crippen molar-refractivity contribution in [3.63, 3.8) is 0 Å². The third-order valence-electron chi connectivity index (χ3n) is 6.22. The third-order valence-corrected chi connectivity index (χ3v) is 6.47. The Hall–Kier alpha value is -2.60. The number of hydrogen-bond acceptors (Lipinski definition) is 3. The third kappa shape index (κ3) is 8.01. The van der Waals surface area contributed by atoms with Gasteiger partial charge in [0.05, 0.1) is 6.61 Å². The predicted molar refractivity (Wildman–Crippen MR) is 132 cm³/mol. The Morgan fingerprint density at radius 3 is 2.41 bits per heavy atom. The molecule has 1 atom stereocenters. The van der Waals surface area contributed by atoms with Crippen molar-refractivity contribution < 1.29 is 18.7 Å². The van der Waals surface area contributed by atoms with Gasteiger partial charge in [0.15, 0.2) is 0 Å². The molecule has 1 fully saturated rings. The summed E-state index contributed by atoms with van der Waals surface area (Å²) in [5.41, 5.74) is 0.788. The SMILES string of the molecule is CC[C@@H](C(=O)NC1CCCCC1)N(Cc1ccc(F)cc1)C(=O)CCCOc1ccc(Cl)cc1. The molecular weight excluding hydrogens is 455 g/mol. The van der Waals surface area contributed by atoms with Gasteiger partial charge in [-0.3, -0.25) is 9.59 Å². The first kappa shape index (κ1) is 26.0. The molecular formula is C27H34ClFN2O3. The number of nitrogens with one attached hydrogen (secondary N) is 1. The Balaban J connectivity index is 1.63. The quantitative estimate of drug-likeness (QED) is 0.401. The summed E-state index contributed by atoms with van der Waals surface area (Å²) in [6, 6.07) is 12.7. The maximum absolute atomic E-state index is 13.4. The lowest BCUT2D eigenvalue weighted by molar-refractivity contribution is -0.142. The smallest absolute Gasteiger partial charge is 0.243 e. The highest BCUT2D eigenvalue weighted by Crippen LogP contribution is 2.20. The molecule has 7 heteroatoms. The lowest BCUT2D eigenvalue weighted by Gasteiger charge is -2.33. The number of hydrogen-bond donors (Lipinski definition) is 1. The second-order valence-corrected chi connectivity index (χ2v) is 9.26. The standard InChI is InChI=1S/C27H34ClFN2O3/c1-2-25(27(33)30-23-7-4-3-5-8-23)31(19-20-10-14-22(29)15-11-20)26(32)9-6-18-34-24-16-12-21(28)13-17-24/h10-17,23,25H,2-9,18-19H2,1H3,(H,30,33)/t25-/m0/s1. The molecule has 0 aromatic heterocycles. The lowest BCUT2D eigenvalue weighted by Crippen LogP contribution is -2.51. The van der Waals surface area contributed by atoms with Crippen LogP contribution in [0.1, 0.15) is 63.9 Å². The van der Waals surface area contributed by atoms with Gasteiger partial charge in [0.2, 0.25) is 11.8 Å². The van der Waals surface area contributed by atoms with Gasteiger partial charge >= 0.3 is 0 Å². The molecule has 1 aliphatic carbocycles. The molecule has 184 valence electrons. The summed E-state index contributed by atoms with van der Waals surface area (Å²) in [5.74, 6) is 0.137. The van der Waals surface area contributed by atoms with Gasteiger partial charge < -0.3 is 15.0 Å². The van der Waals surface area contributed by atoms with E-state index in [4.69, 9.17) is 16.3 Å². The highest BCUT2D eigenvalue weighted by atomic mass is 35.5. The van der Waals surface area contributed by atoms with Crippen LogP contribution in [0.5, 0.6) is 5.75 Å². The van der Waals surface area contributed by atoms with Crippen molar-refractivity contribution in [2.24, 2.45) is 0 Å². The van der Waals surface area contributed by atoms with Gasteiger partial charge in [-0.15, -0.1) is 0 Å². The second kappa shape index (κ2) is 13.3. The highest BCUT2D eigenvalue weighted by molar-refractivity contribution is 6.30. The Kier molecular flexibility index (Phi) is 10.2. The monoisotopic (exact) mass is 488 g/mol. The maximum Gasteiger partial charge on any atom is 0.243 e. The van der Waals surface area contributed by atoms with Crippen molar-refractivity contribution in [1.29, 1.82) is 0 Å². The van der Waals surface area contributed by atoms with Gasteiger partial charge in [0.25, 0.3) is 0 Å². The van der Waals surface area contributed by atoms with Gasteiger partial charge in [0.1, 0.15) is 17.6 Å². The molecule has 0 saturated heterocycles. The van der Waals surface area contributed by atoms with E-state index in [1.807, 2.05) is 6.92 Å². The van der Waals surface area contributed by atoms with E-state index in [-0.39, 0.29) is 36.6 Å². The molecule has 0 unspecified atom stereocenters. The van der Waals surface area contributed by atoms with Crippen molar-refractivity contribution in [1.82, 2.24) is 10.2 Å². The van der Waals surface area contributed by atoms with Crippen molar-refractivity contribution in [2.45, 2.75) is 76.9 Å².